The number of methoxy groups -OCH3 is 2. The Bertz CT molecular complexity index is 1280. The molecule has 1 aliphatic heterocycles. The van der Waals surface area contributed by atoms with Crippen LogP contribution in [0.3, 0.4) is 0 Å². The Morgan fingerprint density at radius 1 is 0.971 bits per heavy atom. The number of aliphatic hydroxyl groups excluding tert-OH is 1. The normalized spacial score (nSPS) is 17.2. The van der Waals surface area contributed by atoms with Crippen LogP contribution in [0, 0.1) is 6.92 Å². The molecule has 0 aromatic heterocycles. The van der Waals surface area contributed by atoms with Gasteiger partial charge in [-0.1, -0.05) is 53.6 Å². The highest BCUT2D eigenvalue weighted by atomic mass is 35.5. The lowest BCUT2D eigenvalue weighted by atomic mass is 9.94. The zero-order chi connectivity index (χ0) is 24.4. The molecule has 3 aromatic rings. The first-order valence-electron chi connectivity index (χ1n) is 10.7. The van der Waals surface area contributed by atoms with Crippen LogP contribution in [-0.2, 0) is 16.1 Å². The molecule has 7 heteroatoms. The number of nitrogens with zero attached hydrogens (tertiary/aromatic N) is 1. The van der Waals surface area contributed by atoms with Crippen molar-refractivity contribution in [3.8, 4) is 11.5 Å². The Kier molecular flexibility index (Phi) is 6.61. The van der Waals surface area contributed by atoms with Gasteiger partial charge in [-0.3, -0.25) is 9.59 Å². The van der Waals surface area contributed by atoms with E-state index in [-0.39, 0.29) is 17.9 Å². The fraction of sp³-hybridized carbons (Fsp3) is 0.185. The van der Waals surface area contributed by atoms with E-state index < -0.39 is 17.7 Å². The molecule has 1 fully saturated rings. The summed E-state index contributed by atoms with van der Waals surface area (Å²) in [6.07, 6.45) is 0. The summed E-state index contributed by atoms with van der Waals surface area (Å²) in [4.78, 5) is 28.0. The molecule has 1 aliphatic rings. The number of para-hydroxylation sites is 1. The smallest absolute Gasteiger partial charge is 0.295 e. The maximum absolute atomic E-state index is 13.3. The van der Waals surface area contributed by atoms with E-state index in [2.05, 4.69) is 0 Å². The maximum atomic E-state index is 13.3. The molecule has 1 N–H and O–H groups in total. The van der Waals surface area contributed by atoms with Crippen molar-refractivity contribution in [2.24, 2.45) is 0 Å². The van der Waals surface area contributed by atoms with Crippen LogP contribution < -0.4 is 9.47 Å². The topological polar surface area (TPSA) is 76.1 Å². The molecule has 34 heavy (non-hydrogen) atoms. The van der Waals surface area contributed by atoms with Gasteiger partial charge in [0.05, 0.1) is 37.9 Å². The van der Waals surface area contributed by atoms with Crippen LogP contribution in [0.15, 0.2) is 72.3 Å². The van der Waals surface area contributed by atoms with Gasteiger partial charge in [0, 0.05) is 10.6 Å². The van der Waals surface area contributed by atoms with Crippen molar-refractivity contribution >= 4 is 29.1 Å². The number of hydrogen-bond donors (Lipinski definition) is 1. The fourth-order valence-corrected chi connectivity index (χ4v) is 4.33. The summed E-state index contributed by atoms with van der Waals surface area (Å²) in [5, 5.41) is 11.9. The lowest BCUT2D eigenvalue weighted by Gasteiger charge is -2.26. The number of Topliss-reactive ketones (excluding diaryl/α,β-unsaturated/α-hetero) is 1. The van der Waals surface area contributed by atoms with Gasteiger partial charge >= 0.3 is 0 Å². The molecule has 1 heterocycles. The molecule has 4 rings (SSSR count). The van der Waals surface area contributed by atoms with Gasteiger partial charge in [0.1, 0.15) is 17.3 Å². The number of rotatable bonds is 6. The van der Waals surface area contributed by atoms with E-state index in [4.69, 9.17) is 21.1 Å². The third-order valence-electron chi connectivity index (χ3n) is 5.87. The number of ether oxygens (including phenoxy) is 2. The van der Waals surface area contributed by atoms with E-state index in [0.717, 1.165) is 11.1 Å². The Morgan fingerprint density at radius 3 is 2.32 bits per heavy atom. The van der Waals surface area contributed by atoms with E-state index in [0.29, 0.717) is 27.6 Å². The number of halogens is 1. The minimum atomic E-state index is -0.826. The van der Waals surface area contributed by atoms with Crippen LogP contribution in [0.25, 0.3) is 5.76 Å². The molecule has 3 aromatic carbocycles. The second kappa shape index (κ2) is 9.61. The molecule has 0 radical (unpaired) electrons. The third kappa shape index (κ3) is 4.24. The highest BCUT2D eigenvalue weighted by Crippen LogP contribution is 2.42. The standard InChI is InChI=1S/C27H24ClNO5/c1-16-8-13-22(34-3)20(14-16)25(30)23-24(17-9-11-19(28)12-10-17)29(27(32)26(23)31)15-18-6-4-5-7-21(18)33-2/h4-14,24,30H,15H2,1-3H3/b25-23+. The lowest BCUT2D eigenvalue weighted by molar-refractivity contribution is -0.140. The van der Waals surface area contributed by atoms with Crippen LogP contribution in [0.2, 0.25) is 5.02 Å². The molecule has 174 valence electrons. The van der Waals surface area contributed by atoms with Gasteiger partial charge in [-0.15, -0.1) is 0 Å². The van der Waals surface area contributed by atoms with Crippen LogP contribution in [0.5, 0.6) is 11.5 Å². The largest absolute Gasteiger partial charge is 0.507 e. The predicted octanol–water partition coefficient (Wildman–Crippen LogP) is 5.29. The van der Waals surface area contributed by atoms with Crippen molar-refractivity contribution in [2.75, 3.05) is 14.2 Å². The number of ketones is 1. The van der Waals surface area contributed by atoms with Gasteiger partial charge in [0.2, 0.25) is 0 Å². The molecule has 0 bridgehead atoms. The Morgan fingerprint density at radius 2 is 1.65 bits per heavy atom. The van der Waals surface area contributed by atoms with Crippen LogP contribution in [0.1, 0.15) is 28.3 Å². The van der Waals surface area contributed by atoms with E-state index in [1.807, 2.05) is 31.2 Å². The summed E-state index contributed by atoms with van der Waals surface area (Å²) >= 11 is 6.09. The third-order valence-corrected chi connectivity index (χ3v) is 6.12. The molecule has 6 nitrogen and oxygen atoms in total. The molecule has 0 aliphatic carbocycles. The number of carbonyl (C=O) groups excluding carboxylic acids is 2. The first-order valence-corrected chi connectivity index (χ1v) is 11.0. The van der Waals surface area contributed by atoms with Gasteiger partial charge in [-0.05, 0) is 42.8 Å². The van der Waals surface area contributed by atoms with Gasteiger partial charge in [-0.25, -0.2) is 0 Å². The van der Waals surface area contributed by atoms with Gasteiger partial charge in [-0.2, -0.15) is 0 Å². The first kappa shape index (κ1) is 23.4. The van der Waals surface area contributed by atoms with E-state index in [9.17, 15) is 14.7 Å². The van der Waals surface area contributed by atoms with Crippen molar-refractivity contribution in [3.05, 3.63) is 99.6 Å². The monoisotopic (exact) mass is 477 g/mol. The number of hydrogen-bond acceptors (Lipinski definition) is 5. The quantitative estimate of drug-likeness (QED) is 0.296. The zero-order valence-electron chi connectivity index (χ0n) is 19.0. The lowest BCUT2D eigenvalue weighted by Crippen LogP contribution is -2.29. The molecule has 1 saturated heterocycles. The highest BCUT2D eigenvalue weighted by Gasteiger charge is 2.46. The summed E-state index contributed by atoms with van der Waals surface area (Å²) in [6.45, 7) is 1.98. The minimum absolute atomic E-state index is 0.00822. The number of carbonyl (C=O) groups is 2. The number of amides is 1. The molecule has 1 unspecified atom stereocenters. The van der Waals surface area contributed by atoms with Crippen LogP contribution >= 0.6 is 11.6 Å². The average molecular weight is 478 g/mol. The molecule has 1 amide bonds. The maximum Gasteiger partial charge on any atom is 0.295 e. The van der Waals surface area contributed by atoms with Crippen molar-refractivity contribution in [1.82, 2.24) is 4.90 Å². The summed E-state index contributed by atoms with van der Waals surface area (Å²) in [5.74, 6) is -0.773. The number of benzene rings is 3. The van der Waals surface area contributed by atoms with Gasteiger partial charge < -0.3 is 19.5 Å². The summed E-state index contributed by atoms with van der Waals surface area (Å²) < 4.78 is 10.9. The summed E-state index contributed by atoms with van der Waals surface area (Å²) in [5.41, 5.74) is 2.59. The van der Waals surface area contributed by atoms with Gasteiger partial charge in [0.15, 0.2) is 0 Å². The van der Waals surface area contributed by atoms with Crippen molar-refractivity contribution in [3.63, 3.8) is 0 Å². The molecule has 1 atom stereocenters. The summed E-state index contributed by atoms with van der Waals surface area (Å²) in [7, 11) is 3.03. The van der Waals surface area contributed by atoms with Crippen molar-refractivity contribution < 1.29 is 24.2 Å². The highest BCUT2D eigenvalue weighted by molar-refractivity contribution is 6.46. The SMILES string of the molecule is COc1ccccc1CN1C(=O)C(=O)/C(=C(/O)c2cc(C)ccc2OC)C1c1ccc(Cl)cc1. The van der Waals surface area contributed by atoms with E-state index >= 15 is 0 Å². The first-order chi connectivity index (χ1) is 16.3. The number of likely N-dealkylation sites (tertiary alicyclic amines) is 1. The molecular weight excluding hydrogens is 454 g/mol. The number of aliphatic hydroxyl groups is 1. The zero-order valence-corrected chi connectivity index (χ0v) is 19.8. The van der Waals surface area contributed by atoms with Crippen molar-refractivity contribution in [1.29, 1.82) is 0 Å². The Balaban J connectivity index is 1.91. The second-order valence-electron chi connectivity index (χ2n) is 7.99. The van der Waals surface area contributed by atoms with Crippen LogP contribution in [-0.4, -0.2) is 35.9 Å². The Labute approximate surface area is 203 Å². The fourth-order valence-electron chi connectivity index (χ4n) is 4.20. The van der Waals surface area contributed by atoms with Gasteiger partial charge in [0.25, 0.3) is 11.7 Å². The average Bonchev–Trinajstić information content (AvgIpc) is 3.09. The summed E-state index contributed by atoms with van der Waals surface area (Å²) in [6, 6.07) is 18.6. The molecular formula is C27H24ClNO5. The minimum Gasteiger partial charge on any atom is -0.507 e. The number of aryl methyl sites for hydroxylation is 1. The molecule has 0 saturated carbocycles. The van der Waals surface area contributed by atoms with Crippen molar-refractivity contribution in [2.45, 2.75) is 19.5 Å². The van der Waals surface area contributed by atoms with Crippen LogP contribution in [0.4, 0.5) is 0 Å². The molecule has 0 spiro atoms. The van der Waals surface area contributed by atoms with E-state index in [1.165, 1.54) is 12.0 Å². The second-order valence-corrected chi connectivity index (χ2v) is 8.43. The Hall–Kier alpha value is -3.77. The predicted molar refractivity (Wildman–Crippen MR) is 130 cm³/mol. The van der Waals surface area contributed by atoms with E-state index in [1.54, 1.807) is 49.6 Å².